The number of carbonyl (C=O) groups is 1. The van der Waals surface area contributed by atoms with Crippen LogP contribution in [0.5, 0.6) is 0 Å². The molecule has 0 radical (unpaired) electrons. The second-order valence-electron chi connectivity index (χ2n) is 8.68. The standard InChI is InChI=1S/C27H25N5OS/c1-15-8-6-10-20(12-15)26-30-32-24(28)22(25(33)29-27(32)34-26)14-21-13-17(3)31(19(21)5)23-11-7-9-16(2)18(23)4/h6-14,28H,1-5H3/b22-14-,28-24?. The number of thioether (sulfide) groups is 1. The van der Waals surface area contributed by atoms with Gasteiger partial charge in [0.15, 0.2) is 5.84 Å². The van der Waals surface area contributed by atoms with Gasteiger partial charge in [-0.2, -0.15) is 15.1 Å². The Morgan fingerprint density at radius 2 is 1.76 bits per heavy atom. The van der Waals surface area contributed by atoms with Crippen LogP contribution in [0.3, 0.4) is 0 Å². The van der Waals surface area contributed by atoms with Crippen molar-refractivity contribution in [2.75, 3.05) is 0 Å². The molecule has 2 aliphatic rings. The van der Waals surface area contributed by atoms with Crippen molar-refractivity contribution in [3.8, 4) is 5.69 Å². The summed E-state index contributed by atoms with van der Waals surface area (Å²) in [6, 6.07) is 16.3. The number of nitrogens with zero attached hydrogens (tertiary/aromatic N) is 4. The number of amidine groups is 2. The first-order valence-corrected chi connectivity index (χ1v) is 11.9. The number of fused-ring (bicyclic) bond motifs is 1. The zero-order chi connectivity index (χ0) is 24.1. The Bertz CT molecular complexity index is 1470. The fourth-order valence-electron chi connectivity index (χ4n) is 4.32. The maximum Gasteiger partial charge on any atom is 0.283 e. The third kappa shape index (κ3) is 3.62. The van der Waals surface area contributed by atoms with Gasteiger partial charge in [-0.15, -0.1) is 0 Å². The molecule has 3 heterocycles. The zero-order valence-corrected chi connectivity index (χ0v) is 20.6. The van der Waals surface area contributed by atoms with Crippen LogP contribution >= 0.6 is 11.8 Å². The van der Waals surface area contributed by atoms with Crippen LogP contribution in [0, 0.1) is 40.0 Å². The first-order valence-electron chi connectivity index (χ1n) is 11.1. The molecule has 0 aliphatic carbocycles. The molecular formula is C27H25N5OS. The van der Waals surface area contributed by atoms with Crippen molar-refractivity contribution in [2.45, 2.75) is 34.6 Å². The number of aromatic nitrogens is 1. The maximum atomic E-state index is 12.9. The number of nitrogens with one attached hydrogen (secondary N) is 1. The monoisotopic (exact) mass is 467 g/mol. The van der Waals surface area contributed by atoms with Gasteiger partial charge in [0, 0.05) is 22.6 Å². The van der Waals surface area contributed by atoms with E-state index in [4.69, 9.17) is 5.41 Å². The Balaban J connectivity index is 1.53. The predicted octanol–water partition coefficient (Wildman–Crippen LogP) is 5.69. The number of hydrogen-bond acceptors (Lipinski definition) is 4. The number of amides is 1. The smallest absolute Gasteiger partial charge is 0.283 e. The van der Waals surface area contributed by atoms with Crippen molar-refractivity contribution in [3.63, 3.8) is 0 Å². The summed E-state index contributed by atoms with van der Waals surface area (Å²) in [6.07, 6.45) is 1.76. The van der Waals surface area contributed by atoms with E-state index >= 15 is 0 Å². The summed E-state index contributed by atoms with van der Waals surface area (Å²) in [6.45, 7) is 10.3. The van der Waals surface area contributed by atoms with E-state index in [1.807, 2.05) is 44.2 Å². The Morgan fingerprint density at radius 3 is 2.53 bits per heavy atom. The molecule has 6 nitrogen and oxygen atoms in total. The summed E-state index contributed by atoms with van der Waals surface area (Å²) in [7, 11) is 0. The molecule has 0 fully saturated rings. The Morgan fingerprint density at radius 1 is 1.00 bits per heavy atom. The van der Waals surface area contributed by atoms with E-state index in [-0.39, 0.29) is 11.4 Å². The largest absolute Gasteiger partial charge is 0.318 e. The van der Waals surface area contributed by atoms with E-state index in [0.717, 1.165) is 38.8 Å². The minimum atomic E-state index is -0.416. The van der Waals surface area contributed by atoms with E-state index in [1.54, 1.807) is 6.08 Å². The van der Waals surface area contributed by atoms with Crippen molar-refractivity contribution in [1.29, 1.82) is 5.41 Å². The number of benzene rings is 2. The molecule has 1 aromatic heterocycles. The molecule has 0 spiro atoms. The molecule has 7 heteroatoms. The van der Waals surface area contributed by atoms with Gasteiger partial charge in [0.05, 0.1) is 5.57 Å². The number of aryl methyl sites for hydroxylation is 3. The van der Waals surface area contributed by atoms with Gasteiger partial charge in [-0.25, -0.2) is 0 Å². The van der Waals surface area contributed by atoms with Crippen LogP contribution in [0.4, 0.5) is 0 Å². The average molecular weight is 468 g/mol. The lowest BCUT2D eigenvalue weighted by Crippen LogP contribution is -2.35. The summed E-state index contributed by atoms with van der Waals surface area (Å²) in [5.41, 5.74) is 8.83. The highest BCUT2D eigenvalue weighted by Gasteiger charge is 2.36. The highest BCUT2D eigenvalue weighted by atomic mass is 32.2. The van der Waals surface area contributed by atoms with Crippen molar-refractivity contribution in [2.24, 2.45) is 10.1 Å². The molecule has 0 bridgehead atoms. The molecule has 2 aromatic carbocycles. The first kappa shape index (κ1) is 22.1. The number of carbonyl (C=O) groups excluding carboxylic acids is 1. The molecule has 0 saturated carbocycles. The number of rotatable bonds is 3. The molecule has 2 aliphatic heterocycles. The first-order chi connectivity index (χ1) is 16.2. The lowest BCUT2D eigenvalue weighted by atomic mass is 10.1. The second-order valence-corrected chi connectivity index (χ2v) is 9.63. The van der Waals surface area contributed by atoms with Crippen LogP contribution in [0.25, 0.3) is 11.8 Å². The highest BCUT2D eigenvalue weighted by molar-refractivity contribution is 8.27. The van der Waals surface area contributed by atoms with E-state index < -0.39 is 5.91 Å². The lowest BCUT2D eigenvalue weighted by molar-refractivity contribution is -0.114. The molecule has 0 unspecified atom stereocenters. The molecule has 0 saturated heterocycles. The van der Waals surface area contributed by atoms with Gasteiger partial charge in [0.25, 0.3) is 5.91 Å². The van der Waals surface area contributed by atoms with Gasteiger partial charge < -0.3 is 4.57 Å². The van der Waals surface area contributed by atoms with Gasteiger partial charge in [-0.05, 0) is 87.3 Å². The highest BCUT2D eigenvalue weighted by Crippen LogP contribution is 2.32. The van der Waals surface area contributed by atoms with Crippen molar-refractivity contribution in [3.05, 3.63) is 93.3 Å². The summed E-state index contributed by atoms with van der Waals surface area (Å²) >= 11 is 1.32. The molecular weight excluding hydrogens is 442 g/mol. The summed E-state index contributed by atoms with van der Waals surface area (Å²) < 4.78 is 2.19. The average Bonchev–Trinajstić information content (AvgIpc) is 3.34. The summed E-state index contributed by atoms with van der Waals surface area (Å²) in [5, 5.41) is 15.9. The van der Waals surface area contributed by atoms with E-state index in [9.17, 15) is 4.79 Å². The number of hydrogen-bond donors (Lipinski definition) is 1. The van der Waals surface area contributed by atoms with Gasteiger partial charge >= 0.3 is 0 Å². The van der Waals surface area contributed by atoms with Gasteiger partial charge in [-0.1, -0.05) is 35.9 Å². The predicted molar refractivity (Wildman–Crippen MR) is 140 cm³/mol. The van der Waals surface area contributed by atoms with Gasteiger partial charge in [0.2, 0.25) is 5.17 Å². The summed E-state index contributed by atoms with van der Waals surface area (Å²) in [4.78, 5) is 17.2. The van der Waals surface area contributed by atoms with Crippen molar-refractivity contribution < 1.29 is 4.79 Å². The molecule has 0 atom stereocenters. The molecule has 1 amide bonds. The van der Waals surface area contributed by atoms with Crippen LogP contribution < -0.4 is 0 Å². The molecule has 170 valence electrons. The minimum Gasteiger partial charge on any atom is -0.318 e. The lowest BCUT2D eigenvalue weighted by Gasteiger charge is -2.20. The minimum absolute atomic E-state index is 0.0432. The topological polar surface area (TPSA) is 73.8 Å². The maximum absolute atomic E-state index is 12.9. The normalized spacial score (nSPS) is 16.7. The van der Waals surface area contributed by atoms with E-state index in [2.05, 4.69) is 53.6 Å². The Kier molecular flexibility index (Phi) is 5.37. The van der Waals surface area contributed by atoms with Gasteiger partial charge in [0.1, 0.15) is 5.04 Å². The summed E-state index contributed by atoms with van der Waals surface area (Å²) in [5.74, 6) is -0.373. The fourth-order valence-corrected chi connectivity index (χ4v) is 5.21. The fraction of sp³-hybridized carbons (Fsp3) is 0.185. The van der Waals surface area contributed by atoms with Crippen LogP contribution in [0.15, 0.2) is 64.2 Å². The second kappa shape index (κ2) is 8.25. The third-order valence-corrected chi connectivity index (χ3v) is 7.26. The van der Waals surface area contributed by atoms with Crippen molar-refractivity contribution >= 4 is 39.8 Å². The van der Waals surface area contributed by atoms with Crippen LogP contribution in [-0.2, 0) is 4.79 Å². The SMILES string of the molecule is Cc1cccc(C2=NN3C(=N)/C(=C/c4cc(C)n(-c5cccc(C)c5C)c4C)C(=O)N=C3S2)c1. The quantitative estimate of drug-likeness (QED) is 0.503. The van der Waals surface area contributed by atoms with Crippen LogP contribution in [0.1, 0.15) is 39.2 Å². The molecule has 1 N–H and O–H groups in total. The van der Waals surface area contributed by atoms with Crippen LogP contribution in [0.2, 0.25) is 0 Å². The number of hydrazone groups is 1. The number of aliphatic imine (C=N–C) groups is 1. The Labute approximate surface area is 203 Å². The van der Waals surface area contributed by atoms with Crippen LogP contribution in [-0.4, -0.2) is 31.5 Å². The van der Waals surface area contributed by atoms with Crippen molar-refractivity contribution in [1.82, 2.24) is 9.58 Å². The third-order valence-electron chi connectivity index (χ3n) is 6.31. The Hall–Kier alpha value is -3.71. The molecule has 5 rings (SSSR count). The molecule has 3 aromatic rings. The molecule has 34 heavy (non-hydrogen) atoms. The zero-order valence-electron chi connectivity index (χ0n) is 19.8. The van der Waals surface area contributed by atoms with E-state index in [1.165, 1.54) is 27.9 Å². The van der Waals surface area contributed by atoms with Gasteiger partial charge in [-0.3, -0.25) is 10.2 Å². The van der Waals surface area contributed by atoms with E-state index in [0.29, 0.717) is 5.17 Å².